The number of phenols is 1. The van der Waals surface area contributed by atoms with Gasteiger partial charge in [0.1, 0.15) is 11.6 Å². The molecule has 0 aliphatic rings. The molecule has 0 unspecified atom stereocenters. The minimum atomic E-state index is -0.290. The summed E-state index contributed by atoms with van der Waals surface area (Å²) in [6, 6.07) is 9.44. The first-order valence-corrected chi connectivity index (χ1v) is 5.17. The minimum absolute atomic E-state index is 0.0961. The maximum atomic E-state index is 13.4. The number of rotatable bonds is 2. The van der Waals surface area contributed by atoms with Crippen LogP contribution in [0.3, 0.4) is 0 Å². The summed E-state index contributed by atoms with van der Waals surface area (Å²) in [5, 5.41) is 9.59. The number of benzene rings is 2. The predicted octanol–water partition coefficient (Wildman–Crippen LogP) is 3.32. The summed E-state index contributed by atoms with van der Waals surface area (Å²) in [6.45, 7) is 1.68. The summed E-state index contributed by atoms with van der Waals surface area (Å²) in [4.78, 5) is 10.6. The van der Waals surface area contributed by atoms with Crippen LogP contribution in [0.4, 0.5) is 4.39 Å². The van der Waals surface area contributed by atoms with E-state index in [4.69, 9.17) is 0 Å². The highest BCUT2D eigenvalue weighted by molar-refractivity contribution is 5.82. The molecule has 2 rings (SSSR count). The zero-order valence-electron chi connectivity index (χ0n) is 9.27. The van der Waals surface area contributed by atoms with Crippen LogP contribution in [0.5, 0.6) is 5.75 Å². The number of phenolic OH excluding ortho intramolecular Hbond substituents is 1. The van der Waals surface area contributed by atoms with Crippen LogP contribution in [0.25, 0.3) is 11.1 Å². The van der Waals surface area contributed by atoms with Gasteiger partial charge in [0, 0.05) is 0 Å². The molecular weight excluding hydrogens is 219 g/mol. The van der Waals surface area contributed by atoms with Crippen molar-refractivity contribution >= 4 is 6.29 Å². The average Bonchev–Trinajstić information content (AvgIpc) is 2.32. The van der Waals surface area contributed by atoms with Gasteiger partial charge in [-0.1, -0.05) is 18.2 Å². The highest BCUT2D eigenvalue weighted by Gasteiger charge is 2.08. The van der Waals surface area contributed by atoms with Crippen molar-refractivity contribution in [3.63, 3.8) is 0 Å². The molecule has 0 aromatic heterocycles. The molecule has 0 atom stereocenters. The lowest BCUT2D eigenvalue weighted by Crippen LogP contribution is -1.89. The number of aromatic hydroxyl groups is 1. The Morgan fingerprint density at radius 2 is 2.00 bits per heavy atom. The maximum absolute atomic E-state index is 13.4. The molecule has 0 saturated carbocycles. The van der Waals surface area contributed by atoms with E-state index in [0.29, 0.717) is 23.0 Å². The molecule has 0 spiro atoms. The van der Waals surface area contributed by atoms with Crippen LogP contribution in [0.2, 0.25) is 0 Å². The molecule has 3 heteroatoms. The maximum Gasteiger partial charge on any atom is 0.153 e. The topological polar surface area (TPSA) is 37.3 Å². The van der Waals surface area contributed by atoms with Gasteiger partial charge >= 0.3 is 0 Å². The fraction of sp³-hybridized carbons (Fsp3) is 0.0714. The van der Waals surface area contributed by atoms with Crippen molar-refractivity contribution in [3.8, 4) is 16.9 Å². The van der Waals surface area contributed by atoms with Gasteiger partial charge in [-0.05, 0) is 41.8 Å². The Hall–Kier alpha value is -2.16. The molecule has 86 valence electrons. The third kappa shape index (κ3) is 2.04. The van der Waals surface area contributed by atoms with Gasteiger partial charge in [0.15, 0.2) is 6.29 Å². The number of carbonyl (C=O) groups is 1. The molecule has 2 aromatic rings. The second kappa shape index (κ2) is 4.37. The Kier molecular flexibility index (Phi) is 2.91. The van der Waals surface area contributed by atoms with E-state index in [1.54, 1.807) is 25.1 Å². The molecule has 0 bridgehead atoms. The lowest BCUT2D eigenvalue weighted by molar-refractivity contribution is 0.112. The Labute approximate surface area is 98.3 Å². The van der Waals surface area contributed by atoms with Gasteiger partial charge < -0.3 is 5.11 Å². The van der Waals surface area contributed by atoms with Crippen LogP contribution in [0.1, 0.15) is 15.9 Å². The Morgan fingerprint density at radius 3 is 2.65 bits per heavy atom. The lowest BCUT2D eigenvalue weighted by atomic mass is 9.99. The summed E-state index contributed by atoms with van der Waals surface area (Å²) in [5.74, 6) is -0.386. The fourth-order valence-corrected chi connectivity index (χ4v) is 1.73. The molecule has 2 aromatic carbocycles. The third-order valence-corrected chi connectivity index (χ3v) is 2.74. The van der Waals surface area contributed by atoms with E-state index in [9.17, 15) is 14.3 Å². The molecule has 0 heterocycles. The van der Waals surface area contributed by atoms with E-state index in [2.05, 4.69) is 0 Å². The minimum Gasteiger partial charge on any atom is -0.507 e. The van der Waals surface area contributed by atoms with Crippen molar-refractivity contribution in [2.24, 2.45) is 0 Å². The van der Waals surface area contributed by atoms with E-state index in [1.165, 1.54) is 18.2 Å². The van der Waals surface area contributed by atoms with Gasteiger partial charge in [-0.3, -0.25) is 4.79 Å². The fourth-order valence-electron chi connectivity index (χ4n) is 1.73. The second-order valence-electron chi connectivity index (χ2n) is 3.80. The lowest BCUT2D eigenvalue weighted by Gasteiger charge is -2.08. The Balaban J connectivity index is 2.57. The summed E-state index contributed by atoms with van der Waals surface area (Å²) < 4.78 is 13.4. The highest BCUT2D eigenvalue weighted by atomic mass is 19.1. The van der Waals surface area contributed by atoms with Crippen molar-refractivity contribution in [1.82, 2.24) is 0 Å². The average molecular weight is 230 g/mol. The van der Waals surface area contributed by atoms with Crippen LogP contribution < -0.4 is 0 Å². The normalized spacial score (nSPS) is 10.2. The number of aldehydes is 1. The molecular formula is C14H11FO2. The van der Waals surface area contributed by atoms with Crippen molar-refractivity contribution in [3.05, 3.63) is 53.3 Å². The molecule has 0 aliphatic heterocycles. The van der Waals surface area contributed by atoms with Crippen LogP contribution in [0.15, 0.2) is 36.4 Å². The van der Waals surface area contributed by atoms with Gasteiger partial charge in [-0.15, -0.1) is 0 Å². The molecule has 0 aliphatic carbocycles. The largest absolute Gasteiger partial charge is 0.507 e. The summed E-state index contributed by atoms with van der Waals surface area (Å²) in [6.07, 6.45) is 0.581. The van der Waals surface area contributed by atoms with Gasteiger partial charge in [0.05, 0.1) is 5.56 Å². The van der Waals surface area contributed by atoms with Crippen molar-refractivity contribution < 1.29 is 14.3 Å². The van der Waals surface area contributed by atoms with E-state index in [1.807, 2.05) is 0 Å². The van der Waals surface area contributed by atoms with Gasteiger partial charge in [-0.25, -0.2) is 4.39 Å². The molecule has 0 saturated heterocycles. The molecule has 0 fully saturated rings. The molecule has 1 N–H and O–H groups in total. The Morgan fingerprint density at radius 1 is 1.24 bits per heavy atom. The van der Waals surface area contributed by atoms with E-state index < -0.39 is 0 Å². The number of hydrogen-bond donors (Lipinski definition) is 1. The second-order valence-corrected chi connectivity index (χ2v) is 3.80. The van der Waals surface area contributed by atoms with E-state index in [0.717, 1.165) is 0 Å². The van der Waals surface area contributed by atoms with Crippen molar-refractivity contribution in [1.29, 1.82) is 0 Å². The number of carbonyl (C=O) groups excluding carboxylic acids is 1. The van der Waals surface area contributed by atoms with Crippen LogP contribution in [-0.4, -0.2) is 11.4 Å². The molecule has 0 amide bonds. The van der Waals surface area contributed by atoms with Gasteiger partial charge in [0.25, 0.3) is 0 Å². The summed E-state index contributed by atoms with van der Waals surface area (Å²) in [5.41, 5.74) is 2.14. The molecule has 2 nitrogen and oxygen atoms in total. The van der Waals surface area contributed by atoms with Gasteiger partial charge in [0.2, 0.25) is 0 Å². The Bertz CT molecular complexity index is 576. The zero-order valence-corrected chi connectivity index (χ0v) is 9.27. The molecule has 0 radical (unpaired) electrons. The van der Waals surface area contributed by atoms with Crippen molar-refractivity contribution in [2.75, 3.05) is 0 Å². The third-order valence-electron chi connectivity index (χ3n) is 2.74. The van der Waals surface area contributed by atoms with Crippen LogP contribution in [-0.2, 0) is 0 Å². The smallest absolute Gasteiger partial charge is 0.153 e. The standard InChI is InChI=1S/C14H11FO2/c1-9-12(3-2-4-13(9)15)10-5-6-11(8-16)14(17)7-10/h2-8,17H,1H3. The number of hydrogen-bond acceptors (Lipinski definition) is 2. The van der Waals surface area contributed by atoms with Crippen LogP contribution in [0, 0.1) is 12.7 Å². The van der Waals surface area contributed by atoms with Gasteiger partial charge in [-0.2, -0.15) is 0 Å². The summed E-state index contributed by atoms with van der Waals surface area (Å²) >= 11 is 0. The summed E-state index contributed by atoms with van der Waals surface area (Å²) in [7, 11) is 0. The molecule has 17 heavy (non-hydrogen) atoms. The van der Waals surface area contributed by atoms with E-state index >= 15 is 0 Å². The highest BCUT2D eigenvalue weighted by Crippen LogP contribution is 2.29. The zero-order chi connectivity index (χ0) is 12.4. The van der Waals surface area contributed by atoms with E-state index in [-0.39, 0.29) is 17.1 Å². The first kappa shape index (κ1) is 11.3. The number of halogens is 1. The first-order chi connectivity index (χ1) is 8.13. The quantitative estimate of drug-likeness (QED) is 0.803. The first-order valence-electron chi connectivity index (χ1n) is 5.17. The predicted molar refractivity (Wildman–Crippen MR) is 63.6 cm³/mol. The SMILES string of the molecule is Cc1c(F)cccc1-c1ccc(C=O)c(O)c1. The van der Waals surface area contributed by atoms with Crippen LogP contribution >= 0.6 is 0 Å². The van der Waals surface area contributed by atoms with Crippen molar-refractivity contribution in [2.45, 2.75) is 6.92 Å². The monoisotopic (exact) mass is 230 g/mol.